The van der Waals surface area contributed by atoms with Gasteiger partial charge in [0.25, 0.3) is 0 Å². The number of hydrogen-bond acceptors (Lipinski definition) is 0. The molecule has 0 unspecified atom stereocenters. The predicted octanol–water partition coefficient (Wildman–Crippen LogP) is 2.80. The third-order valence-corrected chi connectivity index (χ3v) is 9.67. The van der Waals surface area contributed by atoms with Crippen LogP contribution < -0.4 is 28.3 Å². The molecule has 4 aromatic rings. The summed E-state index contributed by atoms with van der Waals surface area (Å²) in [7, 11) is -1.81. The van der Waals surface area contributed by atoms with E-state index in [1.54, 1.807) is 0 Å². The van der Waals surface area contributed by atoms with E-state index >= 15 is 0 Å². The Morgan fingerprint density at radius 1 is 0.517 bits per heavy atom. The van der Waals surface area contributed by atoms with Gasteiger partial charge in [0.15, 0.2) is 0 Å². The van der Waals surface area contributed by atoms with Crippen molar-refractivity contribution >= 4 is 23.2 Å². The van der Waals surface area contributed by atoms with E-state index in [4.69, 9.17) is 0 Å². The fourth-order valence-electron chi connectivity index (χ4n) is 4.20. The lowest BCUT2D eigenvalue weighted by atomic mass is 10.1. The molecule has 0 bridgehead atoms. The summed E-state index contributed by atoms with van der Waals surface area (Å²) in [5.41, 5.74) is 4.09. The van der Waals surface area contributed by atoms with Crippen LogP contribution in [0.5, 0.6) is 0 Å². The lowest BCUT2D eigenvalue weighted by Gasteiger charge is -2.28. The molecule has 29 heavy (non-hydrogen) atoms. The number of hydrogen-bond donors (Lipinski definition) is 0. The Morgan fingerprint density at radius 3 is 1.21 bits per heavy atom. The Kier molecular flexibility index (Phi) is 6.91. The Bertz CT molecular complexity index is 927. The van der Waals surface area contributed by atoms with E-state index in [9.17, 15) is 0 Å². The Morgan fingerprint density at radius 2 is 0.862 bits per heavy atom. The van der Waals surface area contributed by atoms with Crippen LogP contribution in [0, 0.1) is 13.8 Å². The molecule has 0 saturated heterocycles. The molecule has 0 amide bonds. The van der Waals surface area contributed by atoms with Crippen molar-refractivity contribution in [2.75, 3.05) is 0 Å². The van der Waals surface area contributed by atoms with Crippen LogP contribution >= 0.6 is 7.26 Å². The van der Waals surface area contributed by atoms with Gasteiger partial charge in [-0.2, -0.15) is 0 Å². The minimum absolute atomic E-state index is 0. The van der Waals surface area contributed by atoms with Gasteiger partial charge < -0.3 is 12.4 Å². The summed E-state index contributed by atoms with van der Waals surface area (Å²) in [5.74, 6) is 0. The van der Waals surface area contributed by atoms with E-state index in [0.717, 1.165) is 6.16 Å². The summed E-state index contributed by atoms with van der Waals surface area (Å²) in [4.78, 5) is 0. The van der Waals surface area contributed by atoms with Gasteiger partial charge in [-0.05, 0) is 55.8 Å². The first-order valence-electron chi connectivity index (χ1n) is 9.80. The van der Waals surface area contributed by atoms with Crippen LogP contribution in [-0.2, 0) is 6.16 Å². The highest BCUT2D eigenvalue weighted by molar-refractivity contribution is 7.95. The Balaban J connectivity index is 0.00000240. The van der Waals surface area contributed by atoms with Crippen LogP contribution in [0.25, 0.3) is 0 Å². The predicted molar refractivity (Wildman–Crippen MR) is 125 cm³/mol. The first kappa shape index (κ1) is 21.3. The van der Waals surface area contributed by atoms with Crippen molar-refractivity contribution in [2.24, 2.45) is 0 Å². The molecule has 0 fully saturated rings. The molecule has 0 saturated carbocycles. The normalized spacial score (nSPS) is 11.0. The summed E-state index contributed by atoms with van der Waals surface area (Å²) >= 11 is 0. The van der Waals surface area contributed by atoms with Crippen molar-refractivity contribution in [1.82, 2.24) is 0 Å². The summed E-state index contributed by atoms with van der Waals surface area (Å²) in [6.45, 7) is 4.40. The topological polar surface area (TPSA) is 0 Å². The molecule has 0 aromatic heterocycles. The maximum atomic E-state index is 2.36. The van der Waals surface area contributed by atoms with Gasteiger partial charge in [0, 0.05) is 0 Å². The molecule has 146 valence electrons. The zero-order valence-electron chi connectivity index (χ0n) is 16.9. The van der Waals surface area contributed by atoms with Gasteiger partial charge in [-0.1, -0.05) is 83.9 Å². The van der Waals surface area contributed by atoms with Gasteiger partial charge in [-0.25, -0.2) is 0 Å². The Hall–Kier alpha value is -2.40. The third-order valence-electron chi connectivity index (χ3n) is 5.29. The molecule has 0 aliphatic heterocycles. The largest absolute Gasteiger partial charge is 1.00 e. The lowest BCUT2D eigenvalue weighted by molar-refractivity contribution is -0.00000564. The summed E-state index contributed by atoms with van der Waals surface area (Å²) in [6.07, 6.45) is 1.04. The SMILES string of the molecule is Cc1cc(C)cc(C[P+](c2ccccc2)(c2ccccc2)c2ccccc2)c1.[Cl-]. The second-order valence-electron chi connectivity index (χ2n) is 7.47. The van der Waals surface area contributed by atoms with Crippen molar-refractivity contribution in [3.63, 3.8) is 0 Å². The number of benzene rings is 4. The summed E-state index contributed by atoms with van der Waals surface area (Å²) < 4.78 is 0. The monoisotopic (exact) mass is 416 g/mol. The van der Waals surface area contributed by atoms with Crippen molar-refractivity contribution in [3.8, 4) is 0 Å². The second kappa shape index (κ2) is 9.40. The first-order chi connectivity index (χ1) is 13.7. The summed E-state index contributed by atoms with van der Waals surface area (Å²) in [6, 6.07) is 40.3. The first-order valence-corrected chi connectivity index (χ1v) is 11.8. The van der Waals surface area contributed by atoms with E-state index in [2.05, 4.69) is 123 Å². The van der Waals surface area contributed by atoms with E-state index in [0.29, 0.717) is 0 Å². The van der Waals surface area contributed by atoms with Gasteiger partial charge >= 0.3 is 0 Å². The average Bonchev–Trinajstić information content (AvgIpc) is 2.73. The third kappa shape index (κ3) is 4.45. The highest BCUT2D eigenvalue weighted by Gasteiger charge is 2.45. The molecule has 0 spiro atoms. The molecular weight excluding hydrogens is 391 g/mol. The van der Waals surface area contributed by atoms with Crippen LogP contribution in [0.1, 0.15) is 16.7 Å². The van der Waals surface area contributed by atoms with E-state index < -0.39 is 7.26 Å². The second-order valence-corrected chi connectivity index (χ2v) is 11.0. The van der Waals surface area contributed by atoms with Crippen molar-refractivity contribution in [2.45, 2.75) is 20.0 Å². The smallest absolute Gasteiger partial charge is 0.116 e. The molecule has 0 aliphatic rings. The molecule has 4 aromatic carbocycles. The van der Waals surface area contributed by atoms with Gasteiger partial charge in [0.05, 0.1) is 6.16 Å². The van der Waals surface area contributed by atoms with Crippen molar-refractivity contribution < 1.29 is 12.4 Å². The molecule has 0 nitrogen and oxygen atoms in total. The molecule has 0 heterocycles. The van der Waals surface area contributed by atoms with Gasteiger partial charge in [0.2, 0.25) is 0 Å². The minimum atomic E-state index is -1.81. The zero-order chi connectivity index (χ0) is 19.4. The van der Waals surface area contributed by atoms with Gasteiger partial charge in [-0.3, -0.25) is 0 Å². The van der Waals surface area contributed by atoms with E-state index in [-0.39, 0.29) is 12.4 Å². The maximum absolute atomic E-state index is 2.36. The summed E-state index contributed by atoms with van der Waals surface area (Å²) in [5, 5.41) is 4.31. The zero-order valence-corrected chi connectivity index (χ0v) is 18.6. The van der Waals surface area contributed by atoms with Crippen LogP contribution in [-0.4, -0.2) is 0 Å². The van der Waals surface area contributed by atoms with Crippen LogP contribution in [0.2, 0.25) is 0 Å². The molecule has 0 aliphatic carbocycles. The highest BCUT2D eigenvalue weighted by atomic mass is 35.5. The fourth-order valence-corrected chi connectivity index (χ4v) is 8.42. The van der Waals surface area contributed by atoms with E-state index in [1.807, 2.05) is 0 Å². The molecule has 2 heteroatoms. The van der Waals surface area contributed by atoms with E-state index in [1.165, 1.54) is 32.6 Å². The van der Waals surface area contributed by atoms with Crippen molar-refractivity contribution in [3.05, 3.63) is 126 Å². The van der Waals surface area contributed by atoms with Gasteiger partial charge in [0.1, 0.15) is 23.2 Å². The molecule has 4 rings (SSSR count). The molecule has 0 radical (unpaired) electrons. The van der Waals surface area contributed by atoms with Crippen LogP contribution in [0.15, 0.2) is 109 Å². The van der Waals surface area contributed by atoms with Crippen molar-refractivity contribution in [1.29, 1.82) is 0 Å². The minimum Gasteiger partial charge on any atom is -1.00 e. The number of aryl methyl sites for hydroxylation is 2. The molecular formula is C27H26ClP. The molecule has 0 atom stereocenters. The van der Waals surface area contributed by atoms with Crippen LogP contribution in [0.4, 0.5) is 0 Å². The molecule has 0 N–H and O–H groups in total. The van der Waals surface area contributed by atoms with Crippen LogP contribution in [0.3, 0.4) is 0 Å². The lowest BCUT2D eigenvalue weighted by Crippen LogP contribution is -3.00. The fraction of sp³-hybridized carbons (Fsp3) is 0.111. The Labute approximate surface area is 181 Å². The maximum Gasteiger partial charge on any atom is 0.116 e. The quantitative estimate of drug-likeness (QED) is 0.439. The van der Waals surface area contributed by atoms with Gasteiger partial charge in [-0.15, -0.1) is 0 Å². The number of halogens is 1. The standard InChI is InChI=1S/C27H26P.ClH/c1-22-18-23(2)20-24(19-22)21-28(25-12-6-3-7-13-25,26-14-8-4-9-15-26)27-16-10-5-11-17-27;/h3-20H,21H2,1-2H3;1H/q+1;/p-1. The average molecular weight is 417 g/mol. The number of rotatable bonds is 5. The highest BCUT2D eigenvalue weighted by Crippen LogP contribution is 2.58.